The molecule has 1 heterocycles. The van der Waals surface area contributed by atoms with Gasteiger partial charge in [-0.15, -0.1) is 0 Å². The Morgan fingerprint density at radius 1 is 1.22 bits per heavy atom. The lowest BCUT2D eigenvalue weighted by molar-refractivity contribution is -0.143. The molecular weight excluding hydrogens is 296 g/mol. The van der Waals surface area contributed by atoms with Crippen molar-refractivity contribution in [2.75, 3.05) is 20.6 Å². The topological polar surface area (TPSA) is 74.0 Å². The first-order valence-electron chi connectivity index (χ1n) is 7.48. The van der Waals surface area contributed by atoms with Gasteiger partial charge in [-0.05, 0) is 33.0 Å². The third-order valence-corrected chi connectivity index (χ3v) is 4.23. The molecule has 2 aromatic rings. The Labute approximate surface area is 135 Å². The van der Waals surface area contributed by atoms with Crippen LogP contribution < -0.4 is 0 Å². The molecule has 0 bridgehead atoms. The maximum atomic E-state index is 12.4. The van der Waals surface area contributed by atoms with Crippen LogP contribution in [0.25, 0.3) is 11.0 Å². The first-order chi connectivity index (χ1) is 10.8. The van der Waals surface area contributed by atoms with Gasteiger partial charge in [-0.25, -0.2) is 0 Å². The van der Waals surface area contributed by atoms with Gasteiger partial charge in [0.25, 0.3) is 0 Å². The van der Waals surface area contributed by atoms with Crippen molar-refractivity contribution in [1.82, 2.24) is 9.80 Å². The Kier molecular flexibility index (Phi) is 5.05. The highest BCUT2D eigenvalue weighted by Gasteiger charge is 2.24. The van der Waals surface area contributed by atoms with E-state index >= 15 is 0 Å². The number of carboxylic acids is 1. The normalized spacial score (nSPS) is 14.0. The lowest BCUT2D eigenvalue weighted by Crippen LogP contribution is -2.43. The summed E-state index contributed by atoms with van der Waals surface area (Å²) in [5, 5.41) is 9.98. The quantitative estimate of drug-likeness (QED) is 0.885. The van der Waals surface area contributed by atoms with Crippen molar-refractivity contribution < 1.29 is 19.1 Å². The van der Waals surface area contributed by atoms with Crippen LogP contribution in [0.3, 0.4) is 0 Å². The van der Waals surface area contributed by atoms with Crippen molar-refractivity contribution in [3.05, 3.63) is 36.1 Å². The second-order valence-electron chi connectivity index (χ2n) is 5.80. The summed E-state index contributed by atoms with van der Waals surface area (Å²) in [7, 11) is 3.32. The molecule has 6 heteroatoms. The minimum atomic E-state index is -0.951. The predicted molar refractivity (Wildman–Crippen MR) is 87.1 cm³/mol. The average molecular weight is 318 g/mol. The molecule has 1 aromatic carbocycles. The van der Waals surface area contributed by atoms with Crippen molar-refractivity contribution in [3.8, 4) is 0 Å². The van der Waals surface area contributed by atoms with E-state index in [1.165, 1.54) is 4.90 Å². The van der Waals surface area contributed by atoms with Gasteiger partial charge in [-0.1, -0.05) is 18.2 Å². The van der Waals surface area contributed by atoms with E-state index in [9.17, 15) is 9.59 Å². The zero-order chi connectivity index (χ0) is 17.1. The number of para-hydroxylation sites is 1. The van der Waals surface area contributed by atoms with Gasteiger partial charge >= 0.3 is 5.97 Å². The van der Waals surface area contributed by atoms with Crippen LogP contribution in [0.5, 0.6) is 0 Å². The monoisotopic (exact) mass is 318 g/mol. The molecule has 0 saturated carbocycles. The molecule has 1 N–H and O–H groups in total. The molecule has 1 amide bonds. The Morgan fingerprint density at radius 3 is 2.48 bits per heavy atom. The lowest BCUT2D eigenvalue weighted by atomic mass is 10.2. The number of hydrogen-bond donors (Lipinski definition) is 1. The summed E-state index contributed by atoms with van der Waals surface area (Å²) in [5.41, 5.74) is 0.784. The molecule has 2 rings (SSSR count). The zero-order valence-corrected chi connectivity index (χ0v) is 13.8. The van der Waals surface area contributed by atoms with Gasteiger partial charge < -0.3 is 14.4 Å². The Bertz CT molecular complexity index is 676. The van der Waals surface area contributed by atoms with E-state index < -0.39 is 12.0 Å². The maximum Gasteiger partial charge on any atom is 0.320 e. The number of rotatable bonds is 6. The molecule has 0 fully saturated rings. The van der Waals surface area contributed by atoms with Gasteiger partial charge in [0.1, 0.15) is 17.4 Å². The fourth-order valence-electron chi connectivity index (χ4n) is 2.27. The number of carboxylic acid groups (broad SMARTS) is 1. The molecule has 0 aliphatic carbocycles. The molecule has 0 saturated heterocycles. The third kappa shape index (κ3) is 3.71. The molecule has 6 nitrogen and oxygen atoms in total. The van der Waals surface area contributed by atoms with Crippen LogP contribution in [0.1, 0.15) is 25.6 Å². The van der Waals surface area contributed by atoms with Crippen LogP contribution in [0, 0.1) is 0 Å². The number of aliphatic carboxylic acids is 1. The zero-order valence-electron chi connectivity index (χ0n) is 13.8. The van der Waals surface area contributed by atoms with E-state index in [4.69, 9.17) is 9.52 Å². The molecule has 0 spiro atoms. The molecule has 0 aliphatic rings. The summed E-state index contributed by atoms with van der Waals surface area (Å²) in [4.78, 5) is 26.4. The van der Waals surface area contributed by atoms with Crippen LogP contribution in [-0.4, -0.2) is 53.5 Å². The number of fused-ring (bicyclic) bond motifs is 1. The third-order valence-electron chi connectivity index (χ3n) is 4.23. The van der Waals surface area contributed by atoms with Crippen LogP contribution in [0.2, 0.25) is 0 Å². The Hall–Kier alpha value is -2.34. The number of nitrogens with zero attached hydrogens (tertiary/aromatic N) is 2. The molecule has 0 radical (unpaired) electrons. The summed E-state index contributed by atoms with van der Waals surface area (Å²) in [5.74, 6) is -0.405. The van der Waals surface area contributed by atoms with E-state index in [-0.39, 0.29) is 18.5 Å². The fraction of sp³-hybridized carbons (Fsp3) is 0.412. The van der Waals surface area contributed by atoms with E-state index in [1.54, 1.807) is 25.9 Å². The highest BCUT2D eigenvalue weighted by atomic mass is 16.4. The van der Waals surface area contributed by atoms with Gasteiger partial charge in [0.15, 0.2) is 0 Å². The van der Waals surface area contributed by atoms with Crippen LogP contribution >= 0.6 is 0 Å². The Morgan fingerprint density at radius 2 is 1.87 bits per heavy atom. The number of likely N-dealkylation sites (N-methyl/N-ethyl adjacent to an activating group) is 2. The van der Waals surface area contributed by atoms with Crippen LogP contribution in [0.4, 0.5) is 0 Å². The highest BCUT2D eigenvalue weighted by molar-refractivity contribution is 5.81. The van der Waals surface area contributed by atoms with Crippen LogP contribution in [0.15, 0.2) is 34.7 Å². The minimum absolute atomic E-state index is 0.0362. The molecule has 1 aromatic heterocycles. The largest absolute Gasteiger partial charge is 0.480 e. The Balaban J connectivity index is 2.07. The van der Waals surface area contributed by atoms with Gasteiger partial charge in [-0.2, -0.15) is 0 Å². The standard InChI is InChI=1S/C17H22N2O4/c1-11(15-9-13-7-5-6-8-14(13)23-15)19(4)16(20)10-18(3)12(2)17(21)22/h5-9,11-12H,10H2,1-4H3,(H,21,22). The van der Waals surface area contributed by atoms with Crippen LogP contribution in [-0.2, 0) is 9.59 Å². The van der Waals surface area contributed by atoms with Crippen molar-refractivity contribution in [1.29, 1.82) is 0 Å². The highest BCUT2D eigenvalue weighted by Crippen LogP contribution is 2.26. The maximum absolute atomic E-state index is 12.4. The number of amides is 1. The minimum Gasteiger partial charge on any atom is -0.480 e. The number of carbonyl (C=O) groups excluding carboxylic acids is 1. The molecule has 23 heavy (non-hydrogen) atoms. The average Bonchev–Trinajstić information content (AvgIpc) is 2.96. The summed E-state index contributed by atoms with van der Waals surface area (Å²) in [6.07, 6.45) is 0. The van der Waals surface area contributed by atoms with Crippen molar-refractivity contribution >= 4 is 22.8 Å². The first-order valence-corrected chi connectivity index (χ1v) is 7.48. The second kappa shape index (κ2) is 6.83. The van der Waals surface area contributed by atoms with Gasteiger partial charge in [0, 0.05) is 12.4 Å². The summed E-state index contributed by atoms with van der Waals surface area (Å²) in [6, 6.07) is 8.65. The smallest absolute Gasteiger partial charge is 0.320 e. The van der Waals surface area contributed by atoms with E-state index in [0.29, 0.717) is 5.76 Å². The van der Waals surface area contributed by atoms with E-state index in [0.717, 1.165) is 11.0 Å². The SMILES string of the molecule is CC(C(=O)O)N(C)CC(=O)N(C)C(C)c1cc2ccccc2o1. The predicted octanol–water partition coefficient (Wildman–Crippen LogP) is 2.36. The summed E-state index contributed by atoms with van der Waals surface area (Å²) >= 11 is 0. The number of furan rings is 1. The number of benzene rings is 1. The summed E-state index contributed by atoms with van der Waals surface area (Å²) in [6.45, 7) is 3.48. The second-order valence-corrected chi connectivity index (χ2v) is 5.80. The number of carbonyl (C=O) groups is 2. The number of hydrogen-bond acceptors (Lipinski definition) is 4. The van der Waals surface area contributed by atoms with Crippen molar-refractivity contribution in [2.24, 2.45) is 0 Å². The van der Waals surface area contributed by atoms with E-state index in [1.807, 2.05) is 37.3 Å². The molecular formula is C17H22N2O4. The molecule has 124 valence electrons. The first kappa shape index (κ1) is 17.0. The lowest BCUT2D eigenvalue weighted by Gasteiger charge is -2.27. The summed E-state index contributed by atoms with van der Waals surface area (Å²) < 4.78 is 5.79. The van der Waals surface area contributed by atoms with Gasteiger partial charge in [0.05, 0.1) is 12.6 Å². The fourth-order valence-corrected chi connectivity index (χ4v) is 2.27. The molecule has 2 atom stereocenters. The molecule has 0 aliphatic heterocycles. The van der Waals surface area contributed by atoms with Gasteiger partial charge in [0.2, 0.25) is 5.91 Å². The van der Waals surface area contributed by atoms with E-state index in [2.05, 4.69) is 0 Å². The molecule has 2 unspecified atom stereocenters. The van der Waals surface area contributed by atoms with Crippen molar-refractivity contribution in [2.45, 2.75) is 25.9 Å². The van der Waals surface area contributed by atoms with Gasteiger partial charge in [-0.3, -0.25) is 14.5 Å². The van der Waals surface area contributed by atoms with Crippen molar-refractivity contribution in [3.63, 3.8) is 0 Å².